The second-order valence-electron chi connectivity index (χ2n) is 3.23. The highest BCUT2D eigenvalue weighted by molar-refractivity contribution is 7.11. The van der Waals surface area contributed by atoms with Crippen LogP contribution < -0.4 is 0 Å². The van der Waals surface area contributed by atoms with Gasteiger partial charge in [0.15, 0.2) is 0 Å². The highest BCUT2D eigenvalue weighted by Gasteiger charge is 2.23. The number of carboxylic acid groups (broad SMARTS) is 1. The lowest BCUT2D eigenvalue weighted by Gasteiger charge is -2.21. The molecule has 1 heterocycles. The fourth-order valence-corrected chi connectivity index (χ4v) is 2.29. The van der Waals surface area contributed by atoms with Crippen LogP contribution in [0, 0.1) is 0 Å². The van der Waals surface area contributed by atoms with E-state index >= 15 is 0 Å². The van der Waals surface area contributed by atoms with Gasteiger partial charge in [0.25, 0.3) is 0 Å². The van der Waals surface area contributed by atoms with Crippen LogP contribution in [0.25, 0.3) is 0 Å². The lowest BCUT2D eigenvalue weighted by Crippen LogP contribution is -2.07. The van der Waals surface area contributed by atoms with Gasteiger partial charge in [0.05, 0.1) is 6.42 Å². The SMILES string of the molecule is O=C(O)Cc1nnc(C2CCC2)s1. The van der Waals surface area contributed by atoms with E-state index in [1.54, 1.807) is 0 Å². The zero-order valence-electron chi connectivity index (χ0n) is 7.06. The van der Waals surface area contributed by atoms with E-state index in [1.165, 1.54) is 30.6 Å². The Morgan fingerprint density at radius 1 is 1.54 bits per heavy atom. The first-order chi connectivity index (χ1) is 6.25. The monoisotopic (exact) mass is 198 g/mol. The summed E-state index contributed by atoms with van der Waals surface area (Å²) in [5.74, 6) is -0.281. The van der Waals surface area contributed by atoms with Crippen molar-refractivity contribution in [1.29, 1.82) is 0 Å². The molecule has 0 spiro atoms. The molecular weight excluding hydrogens is 188 g/mol. The number of hydrogen-bond donors (Lipinski definition) is 1. The van der Waals surface area contributed by atoms with E-state index in [0.29, 0.717) is 10.9 Å². The first kappa shape index (κ1) is 8.62. The number of aliphatic carboxylic acids is 1. The average molecular weight is 198 g/mol. The summed E-state index contributed by atoms with van der Waals surface area (Å²) in [6.07, 6.45) is 3.63. The van der Waals surface area contributed by atoms with Crippen molar-refractivity contribution < 1.29 is 9.90 Å². The molecule has 0 amide bonds. The first-order valence-electron chi connectivity index (χ1n) is 4.30. The third kappa shape index (κ3) is 1.85. The van der Waals surface area contributed by atoms with Gasteiger partial charge >= 0.3 is 5.97 Å². The predicted molar refractivity (Wildman–Crippen MR) is 47.8 cm³/mol. The molecule has 4 nitrogen and oxygen atoms in total. The van der Waals surface area contributed by atoms with Gasteiger partial charge in [-0.2, -0.15) is 0 Å². The van der Waals surface area contributed by atoms with Crippen molar-refractivity contribution >= 4 is 17.3 Å². The number of carboxylic acids is 1. The van der Waals surface area contributed by atoms with E-state index in [-0.39, 0.29) is 6.42 Å². The van der Waals surface area contributed by atoms with E-state index in [4.69, 9.17) is 5.11 Å². The molecule has 1 fully saturated rings. The van der Waals surface area contributed by atoms with Crippen LogP contribution in [0.15, 0.2) is 0 Å². The van der Waals surface area contributed by atoms with Gasteiger partial charge in [0.2, 0.25) is 0 Å². The summed E-state index contributed by atoms with van der Waals surface area (Å²) in [5, 5.41) is 18.0. The minimum Gasteiger partial charge on any atom is -0.481 e. The largest absolute Gasteiger partial charge is 0.481 e. The van der Waals surface area contributed by atoms with E-state index in [1.807, 2.05) is 0 Å². The molecule has 0 radical (unpaired) electrons. The summed E-state index contributed by atoms with van der Waals surface area (Å²) in [6.45, 7) is 0. The van der Waals surface area contributed by atoms with Crippen molar-refractivity contribution in [3.63, 3.8) is 0 Å². The van der Waals surface area contributed by atoms with Crippen molar-refractivity contribution in [2.45, 2.75) is 31.6 Å². The predicted octanol–water partition coefficient (Wildman–Crippen LogP) is 1.43. The Labute approximate surface area is 79.6 Å². The molecule has 0 atom stereocenters. The van der Waals surface area contributed by atoms with Gasteiger partial charge in [-0.25, -0.2) is 0 Å². The van der Waals surface area contributed by atoms with E-state index in [0.717, 1.165) is 5.01 Å². The van der Waals surface area contributed by atoms with Crippen molar-refractivity contribution in [3.05, 3.63) is 10.0 Å². The minimum absolute atomic E-state index is 0.00435. The fourth-order valence-electron chi connectivity index (χ4n) is 1.29. The molecule has 0 saturated heterocycles. The lowest BCUT2D eigenvalue weighted by atomic mass is 9.86. The maximum absolute atomic E-state index is 10.4. The number of aromatic nitrogens is 2. The summed E-state index contributed by atoms with van der Waals surface area (Å²) in [7, 11) is 0. The molecule has 0 aliphatic heterocycles. The van der Waals surface area contributed by atoms with Gasteiger partial charge in [0.1, 0.15) is 10.0 Å². The molecule has 70 valence electrons. The molecule has 0 bridgehead atoms. The van der Waals surface area contributed by atoms with Gasteiger partial charge < -0.3 is 5.11 Å². The standard InChI is InChI=1S/C8H10N2O2S/c11-7(12)4-6-9-10-8(13-6)5-2-1-3-5/h5H,1-4H2,(H,11,12). The summed E-state index contributed by atoms with van der Waals surface area (Å²) >= 11 is 1.44. The van der Waals surface area contributed by atoms with Gasteiger partial charge in [-0.05, 0) is 12.8 Å². The zero-order valence-corrected chi connectivity index (χ0v) is 7.88. The quantitative estimate of drug-likeness (QED) is 0.798. The lowest BCUT2D eigenvalue weighted by molar-refractivity contribution is -0.136. The molecule has 1 saturated carbocycles. The first-order valence-corrected chi connectivity index (χ1v) is 5.11. The van der Waals surface area contributed by atoms with Crippen molar-refractivity contribution in [2.75, 3.05) is 0 Å². The van der Waals surface area contributed by atoms with Crippen molar-refractivity contribution in [2.24, 2.45) is 0 Å². The number of hydrogen-bond acceptors (Lipinski definition) is 4. The Balaban J connectivity index is 2.04. The van der Waals surface area contributed by atoms with Gasteiger partial charge in [-0.1, -0.05) is 6.42 Å². The van der Waals surface area contributed by atoms with E-state index in [2.05, 4.69) is 10.2 Å². The smallest absolute Gasteiger partial charge is 0.310 e. The summed E-state index contributed by atoms with van der Waals surface area (Å²) in [4.78, 5) is 10.4. The fraction of sp³-hybridized carbons (Fsp3) is 0.625. The third-order valence-corrected chi connectivity index (χ3v) is 3.33. The Morgan fingerprint density at radius 2 is 2.31 bits per heavy atom. The Morgan fingerprint density at radius 3 is 2.85 bits per heavy atom. The molecule has 0 aromatic carbocycles. The minimum atomic E-state index is -0.837. The molecule has 13 heavy (non-hydrogen) atoms. The number of rotatable bonds is 3. The zero-order chi connectivity index (χ0) is 9.26. The average Bonchev–Trinajstić information content (AvgIpc) is 2.31. The Kier molecular flexibility index (Phi) is 2.26. The molecule has 2 rings (SSSR count). The maximum Gasteiger partial charge on any atom is 0.310 e. The van der Waals surface area contributed by atoms with Crippen LogP contribution >= 0.6 is 11.3 Å². The normalized spacial score (nSPS) is 16.9. The van der Waals surface area contributed by atoms with E-state index in [9.17, 15) is 4.79 Å². The molecular formula is C8H10N2O2S. The molecule has 1 aliphatic carbocycles. The van der Waals surface area contributed by atoms with Crippen LogP contribution in [0.2, 0.25) is 0 Å². The van der Waals surface area contributed by atoms with Gasteiger partial charge in [-0.15, -0.1) is 21.5 Å². The maximum atomic E-state index is 10.4. The molecule has 1 aromatic heterocycles. The topological polar surface area (TPSA) is 63.1 Å². The molecule has 1 aromatic rings. The van der Waals surface area contributed by atoms with Gasteiger partial charge in [-0.3, -0.25) is 4.79 Å². The third-order valence-electron chi connectivity index (χ3n) is 2.24. The van der Waals surface area contributed by atoms with Crippen LogP contribution in [0.5, 0.6) is 0 Å². The van der Waals surface area contributed by atoms with Crippen LogP contribution in [0.3, 0.4) is 0 Å². The summed E-state index contributed by atoms with van der Waals surface area (Å²) in [6, 6.07) is 0. The molecule has 5 heteroatoms. The van der Waals surface area contributed by atoms with Gasteiger partial charge in [0, 0.05) is 5.92 Å². The van der Waals surface area contributed by atoms with Crippen molar-refractivity contribution in [3.8, 4) is 0 Å². The Hall–Kier alpha value is -0.970. The highest BCUT2D eigenvalue weighted by Crippen LogP contribution is 2.37. The van der Waals surface area contributed by atoms with Crippen LogP contribution in [0.1, 0.15) is 35.2 Å². The number of carbonyl (C=O) groups is 1. The molecule has 1 aliphatic rings. The molecule has 0 unspecified atom stereocenters. The Bertz CT molecular complexity index is 320. The summed E-state index contributed by atoms with van der Waals surface area (Å²) < 4.78 is 0. The van der Waals surface area contributed by atoms with Crippen LogP contribution in [-0.2, 0) is 11.2 Å². The summed E-state index contributed by atoms with van der Waals surface area (Å²) in [5.41, 5.74) is 0. The number of nitrogens with zero attached hydrogens (tertiary/aromatic N) is 2. The van der Waals surface area contributed by atoms with Crippen LogP contribution in [0.4, 0.5) is 0 Å². The van der Waals surface area contributed by atoms with Crippen molar-refractivity contribution in [1.82, 2.24) is 10.2 Å². The molecule has 1 N–H and O–H groups in total. The second-order valence-corrected chi connectivity index (χ2v) is 4.33. The van der Waals surface area contributed by atoms with E-state index < -0.39 is 5.97 Å². The highest BCUT2D eigenvalue weighted by atomic mass is 32.1. The second kappa shape index (κ2) is 3.41. The van der Waals surface area contributed by atoms with Crippen LogP contribution in [-0.4, -0.2) is 21.3 Å².